The van der Waals surface area contributed by atoms with Gasteiger partial charge < -0.3 is 15.4 Å². The van der Waals surface area contributed by atoms with E-state index in [0.717, 1.165) is 6.42 Å². The molecule has 1 saturated heterocycles. The first-order valence-corrected chi connectivity index (χ1v) is 4.30. The van der Waals surface area contributed by atoms with Crippen LogP contribution < -0.4 is 5.73 Å². The highest BCUT2D eigenvalue weighted by Crippen LogP contribution is 2.11. The Kier molecular flexibility index (Phi) is 2.92. The third-order valence-electron chi connectivity index (χ3n) is 2.04. The fraction of sp³-hybridized carbons (Fsp3) is 0.875. The number of rotatable bonds is 3. The molecule has 12 heavy (non-hydrogen) atoms. The maximum absolute atomic E-state index is 11.1. The quantitative estimate of drug-likeness (QED) is 0.677. The lowest BCUT2D eigenvalue weighted by atomic mass is 10.1. The smallest absolute Gasteiger partial charge is 0.410 e. The Hall–Kier alpha value is -0.770. The van der Waals surface area contributed by atoms with E-state index in [4.69, 9.17) is 10.5 Å². The first kappa shape index (κ1) is 9.32. The predicted molar refractivity (Wildman–Crippen MR) is 45.8 cm³/mol. The average molecular weight is 172 g/mol. The molecule has 0 aromatic carbocycles. The second-order valence-electron chi connectivity index (χ2n) is 3.37. The van der Waals surface area contributed by atoms with Crippen molar-refractivity contribution in [3.05, 3.63) is 0 Å². The summed E-state index contributed by atoms with van der Waals surface area (Å²) in [6, 6.07) is 0.327. The van der Waals surface area contributed by atoms with Gasteiger partial charge in [-0.05, 0) is 20.3 Å². The number of carbonyl (C=O) groups excluding carboxylic acids is 1. The molecule has 0 radical (unpaired) electrons. The van der Waals surface area contributed by atoms with Gasteiger partial charge in [-0.2, -0.15) is 0 Å². The summed E-state index contributed by atoms with van der Waals surface area (Å²) in [6.07, 6.45) is 0.623. The molecule has 0 spiro atoms. The van der Waals surface area contributed by atoms with Crippen molar-refractivity contribution in [1.82, 2.24) is 4.90 Å². The summed E-state index contributed by atoms with van der Waals surface area (Å²) in [5.41, 5.74) is 5.63. The van der Waals surface area contributed by atoms with Gasteiger partial charge in [-0.15, -0.1) is 0 Å². The van der Waals surface area contributed by atoms with E-state index in [0.29, 0.717) is 13.2 Å². The summed E-state index contributed by atoms with van der Waals surface area (Å²) in [6.45, 7) is 5.16. The van der Waals surface area contributed by atoms with Crippen molar-refractivity contribution in [2.45, 2.75) is 32.4 Å². The maximum atomic E-state index is 11.1. The molecule has 2 atom stereocenters. The molecule has 0 aromatic heterocycles. The van der Waals surface area contributed by atoms with Gasteiger partial charge in [-0.25, -0.2) is 4.79 Å². The highest BCUT2D eigenvalue weighted by atomic mass is 16.6. The second-order valence-corrected chi connectivity index (χ2v) is 3.37. The van der Waals surface area contributed by atoms with Crippen LogP contribution in [0.3, 0.4) is 0 Å². The number of cyclic esters (lactones) is 1. The molecule has 2 unspecified atom stereocenters. The van der Waals surface area contributed by atoms with Crippen molar-refractivity contribution < 1.29 is 9.53 Å². The number of ether oxygens (including phenoxy) is 1. The number of nitrogens with zero attached hydrogens (tertiary/aromatic N) is 1. The minimum absolute atomic E-state index is 0.133. The van der Waals surface area contributed by atoms with Crippen LogP contribution >= 0.6 is 0 Å². The van der Waals surface area contributed by atoms with Gasteiger partial charge in [0.05, 0.1) is 6.54 Å². The van der Waals surface area contributed by atoms with Crippen LogP contribution in [-0.4, -0.2) is 36.2 Å². The van der Waals surface area contributed by atoms with Crippen LogP contribution in [0.15, 0.2) is 0 Å². The number of hydrogen-bond donors (Lipinski definition) is 1. The van der Waals surface area contributed by atoms with Crippen molar-refractivity contribution in [2.75, 3.05) is 13.2 Å². The molecule has 0 aromatic rings. The molecule has 2 N–H and O–H groups in total. The normalized spacial score (nSPS) is 22.2. The molecule has 4 heteroatoms. The monoisotopic (exact) mass is 172 g/mol. The van der Waals surface area contributed by atoms with E-state index in [1.807, 2.05) is 13.8 Å². The van der Waals surface area contributed by atoms with Crippen LogP contribution in [0, 0.1) is 0 Å². The molecular formula is C8H16N2O2. The van der Waals surface area contributed by atoms with Gasteiger partial charge in [-0.1, -0.05) is 0 Å². The van der Waals surface area contributed by atoms with Gasteiger partial charge in [0, 0.05) is 12.1 Å². The van der Waals surface area contributed by atoms with Crippen LogP contribution in [0.2, 0.25) is 0 Å². The lowest BCUT2D eigenvalue weighted by Gasteiger charge is -2.22. The zero-order valence-electron chi connectivity index (χ0n) is 7.62. The van der Waals surface area contributed by atoms with Crippen LogP contribution in [0.5, 0.6) is 0 Å². The highest BCUT2D eigenvalue weighted by Gasteiger charge is 2.26. The summed E-state index contributed by atoms with van der Waals surface area (Å²) in [4.78, 5) is 12.8. The Morgan fingerprint density at radius 2 is 2.33 bits per heavy atom. The molecule has 1 fully saturated rings. The van der Waals surface area contributed by atoms with Crippen molar-refractivity contribution >= 4 is 6.09 Å². The van der Waals surface area contributed by atoms with Gasteiger partial charge in [-0.3, -0.25) is 0 Å². The summed E-state index contributed by atoms with van der Waals surface area (Å²) >= 11 is 0. The average Bonchev–Trinajstić information content (AvgIpc) is 2.33. The lowest BCUT2D eigenvalue weighted by Crippen LogP contribution is -2.37. The van der Waals surface area contributed by atoms with Gasteiger partial charge in [0.15, 0.2) is 0 Å². The topological polar surface area (TPSA) is 55.6 Å². The first-order chi connectivity index (χ1) is 5.61. The van der Waals surface area contributed by atoms with Gasteiger partial charge >= 0.3 is 6.09 Å². The van der Waals surface area contributed by atoms with E-state index < -0.39 is 0 Å². The Morgan fingerprint density at radius 1 is 1.67 bits per heavy atom. The second kappa shape index (κ2) is 3.76. The van der Waals surface area contributed by atoms with E-state index in [1.54, 1.807) is 4.90 Å². The Balaban J connectivity index is 2.40. The van der Waals surface area contributed by atoms with Crippen LogP contribution in [-0.2, 0) is 4.74 Å². The van der Waals surface area contributed by atoms with Crippen molar-refractivity contribution in [2.24, 2.45) is 5.73 Å². The lowest BCUT2D eigenvalue weighted by molar-refractivity contribution is 0.147. The molecule has 1 aliphatic rings. The number of nitrogens with two attached hydrogens (primary N) is 1. The number of amides is 1. The minimum Gasteiger partial charge on any atom is -0.448 e. The van der Waals surface area contributed by atoms with E-state index in [-0.39, 0.29) is 18.2 Å². The largest absolute Gasteiger partial charge is 0.448 e. The zero-order valence-corrected chi connectivity index (χ0v) is 7.62. The molecule has 1 rings (SSSR count). The molecular weight excluding hydrogens is 156 g/mol. The Labute approximate surface area is 72.7 Å². The third-order valence-corrected chi connectivity index (χ3v) is 2.04. The summed E-state index contributed by atoms with van der Waals surface area (Å²) in [7, 11) is 0. The minimum atomic E-state index is -0.205. The van der Waals surface area contributed by atoms with E-state index in [1.165, 1.54) is 0 Å². The molecule has 70 valence electrons. The van der Waals surface area contributed by atoms with Gasteiger partial charge in [0.25, 0.3) is 0 Å². The molecule has 1 heterocycles. The first-order valence-electron chi connectivity index (χ1n) is 4.30. The summed E-state index contributed by atoms with van der Waals surface area (Å²) < 4.78 is 4.81. The zero-order chi connectivity index (χ0) is 9.14. The van der Waals surface area contributed by atoms with Gasteiger partial charge in [0.2, 0.25) is 0 Å². The van der Waals surface area contributed by atoms with Crippen molar-refractivity contribution in [1.29, 1.82) is 0 Å². The number of carbonyl (C=O) groups is 1. The summed E-state index contributed by atoms with van der Waals surface area (Å²) in [5.74, 6) is 0. The number of hydrogen-bond acceptors (Lipinski definition) is 3. The molecule has 0 saturated carbocycles. The molecule has 0 bridgehead atoms. The Morgan fingerprint density at radius 3 is 2.75 bits per heavy atom. The molecule has 1 amide bonds. The fourth-order valence-corrected chi connectivity index (χ4v) is 1.47. The van der Waals surface area contributed by atoms with Crippen molar-refractivity contribution in [3.63, 3.8) is 0 Å². The molecule has 1 aliphatic heterocycles. The fourth-order valence-electron chi connectivity index (χ4n) is 1.47. The van der Waals surface area contributed by atoms with Crippen LogP contribution in [0.4, 0.5) is 4.79 Å². The van der Waals surface area contributed by atoms with Crippen molar-refractivity contribution in [3.8, 4) is 0 Å². The SMILES string of the molecule is CC(N)CC(C)N1CCOC1=O. The molecule has 4 nitrogen and oxygen atoms in total. The maximum Gasteiger partial charge on any atom is 0.410 e. The third kappa shape index (κ3) is 2.11. The molecule has 0 aliphatic carbocycles. The Bertz CT molecular complexity index is 170. The van der Waals surface area contributed by atoms with Crippen LogP contribution in [0.25, 0.3) is 0 Å². The predicted octanol–water partition coefficient (Wildman–Crippen LogP) is 0.564. The van der Waals surface area contributed by atoms with Gasteiger partial charge in [0.1, 0.15) is 6.61 Å². The highest BCUT2D eigenvalue weighted by molar-refractivity contribution is 5.69. The summed E-state index contributed by atoms with van der Waals surface area (Å²) in [5, 5.41) is 0. The standard InChI is InChI=1S/C8H16N2O2/c1-6(9)5-7(2)10-3-4-12-8(10)11/h6-7H,3-5,9H2,1-2H3. The van der Waals surface area contributed by atoms with E-state index >= 15 is 0 Å². The van der Waals surface area contributed by atoms with Crippen LogP contribution in [0.1, 0.15) is 20.3 Å². The van der Waals surface area contributed by atoms with E-state index in [2.05, 4.69) is 0 Å². The van der Waals surface area contributed by atoms with E-state index in [9.17, 15) is 4.79 Å².